The van der Waals surface area contributed by atoms with Gasteiger partial charge in [0.25, 0.3) is 0 Å². The number of ether oxygens (including phenoxy) is 1. The van der Waals surface area contributed by atoms with Crippen molar-refractivity contribution in [3.63, 3.8) is 0 Å². The number of benzene rings is 1. The lowest BCUT2D eigenvalue weighted by Gasteiger charge is -2.15. The van der Waals surface area contributed by atoms with Gasteiger partial charge in [0.15, 0.2) is 0 Å². The van der Waals surface area contributed by atoms with Gasteiger partial charge in [-0.05, 0) is 55.9 Å². The van der Waals surface area contributed by atoms with Crippen LogP contribution in [-0.4, -0.2) is 11.7 Å². The second kappa shape index (κ2) is 6.60. The van der Waals surface area contributed by atoms with Crippen molar-refractivity contribution in [2.45, 2.75) is 45.1 Å². The molecular formula is C16H22O2. The first-order valence-electron chi connectivity index (χ1n) is 6.91. The van der Waals surface area contributed by atoms with Gasteiger partial charge in [-0.25, -0.2) is 0 Å². The number of aliphatic hydroxyl groups is 1. The van der Waals surface area contributed by atoms with Crippen LogP contribution in [-0.2, 0) is 0 Å². The lowest BCUT2D eigenvalue weighted by Crippen LogP contribution is -2.01. The highest BCUT2D eigenvalue weighted by Crippen LogP contribution is 2.29. The van der Waals surface area contributed by atoms with Gasteiger partial charge in [-0.1, -0.05) is 24.6 Å². The molecule has 0 bridgehead atoms. The van der Waals surface area contributed by atoms with Gasteiger partial charge in [0.05, 0.1) is 6.61 Å². The Kier molecular flexibility index (Phi) is 4.82. The second-order valence-electron chi connectivity index (χ2n) is 4.78. The normalized spacial score (nSPS) is 17.8. The average molecular weight is 246 g/mol. The topological polar surface area (TPSA) is 29.5 Å². The Morgan fingerprint density at radius 3 is 2.67 bits per heavy atom. The number of hydrogen-bond acceptors (Lipinski definition) is 2. The number of allylic oxidation sites excluding steroid dienone is 1. The van der Waals surface area contributed by atoms with Crippen molar-refractivity contribution < 1.29 is 9.84 Å². The first kappa shape index (κ1) is 13.2. The van der Waals surface area contributed by atoms with E-state index in [0.29, 0.717) is 6.61 Å². The van der Waals surface area contributed by atoms with Crippen LogP contribution in [0.2, 0.25) is 0 Å². The summed E-state index contributed by atoms with van der Waals surface area (Å²) in [5, 5.41) is 10.4. The van der Waals surface area contributed by atoms with Crippen LogP contribution in [0.3, 0.4) is 0 Å². The van der Waals surface area contributed by atoms with E-state index in [1.807, 2.05) is 31.2 Å². The zero-order valence-corrected chi connectivity index (χ0v) is 11.1. The van der Waals surface area contributed by atoms with Gasteiger partial charge in [0, 0.05) is 0 Å². The summed E-state index contributed by atoms with van der Waals surface area (Å²) in [5.74, 6) is 0.864. The van der Waals surface area contributed by atoms with Crippen molar-refractivity contribution in [3.05, 3.63) is 41.5 Å². The molecule has 1 aliphatic rings. The van der Waals surface area contributed by atoms with Gasteiger partial charge in [-0.15, -0.1) is 0 Å². The summed E-state index contributed by atoms with van der Waals surface area (Å²) in [4.78, 5) is 0. The molecule has 0 saturated heterocycles. The molecule has 1 aliphatic carbocycles. The summed E-state index contributed by atoms with van der Waals surface area (Å²) in [6.45, 7) is 2.64. The van der Waals surface area contributed by atoms with Crippen LogP contribution < -0.4 is 4.74 Å². The summed E-state index contributed by atoms with van der Waals surface area (Å²) < 4.78 is 5.41. The van der Waals surface area contributed by atoms with Crippen LogP contribution in [0.25, 0.3) is 0 Å². The van der Waals surface area contributed by atoms with E-state index in [4.69, 9.17) is 4.74 Å². The maximum absolute atomic E-state index is 10.4. The molecule has 1 unspecified atom stereocenters. The molecule has 2 rings (SSSR count). The second-order valence-corrected chi connectivity index (χ2v) is 4.78. The molecule has 2 heteroatoms. The molecule has 1 aromatic rings. The van der Waals surface area contributed by atoms with E-state index in [-0.39, 0.29) is 0 Å². The summed E-state index contributed by atoms with van der Waals surface area (Å²) in [6.07, 6.45) is 7.61. The third-order valence-electron chi connectivity index (χ3n) is 3.43. The molecule has 0 fully saturated rings. The fraction of sp³-hybridized carbons (Fsp3) is 0.500. The predicted octanol–water partition coefficient (Wildman–Crippen LogP) is 4.01. The van der Waals surface area contributed by atoms with Crippen LogP contribution in [0.5, 0.6) is 5.75 Å². The highest BCUT2D eigenvalue weighted by Gasteiger charge is 2.14. The van der Waals surface area contributed by atoms with Crippen molar-refractivity contribution >= 4 is 0 Å². The highest BCUT2D eigenvalue weighted by molar-refractivity contribution is 5.32. The molecule has 1 N–H and O–H groups in total. The summed E-state index contributed by atoms with van der Waals surface area (Å²) in [7, 11) is 0. The summed E-state index contributed by atoms with van der Waals surface area (Å²) in [5.41, 5.74) is 2.14. The van der Waals surface area contributed by atoms with Crippen LogP contribution in [0.15, 0.2) is 35.9 Å². The van der Waals surface area contributed by atoms with E-state index >= 15 is 0 Å². The largest absolute Gasteiger partial charge is 0.494 e. The molecule has 1 atom stereocenters. The number of hydrogen-bond donors (Lipinski definition) is 1. The van der Waals surface area contributed by atoms with Gasteiger partial charge in [-0.2, -0.15) is 0 Å². The molecule has 0 spiro atoms. The van der Waals surface area contributed by atoms with Crippen molar-refractivity contribution in [1.82, 2.24) is 0 Å². The van der Waals surface area contributed by atoms with E-state index in [1.165, 1.54) is 24.8 Å². The zero-order valence-electron chi connectivity index (χ0n) is 11.1. The predicted molar refractivity (Wildman–Crippen MR) is 73.7 cm³/mol. The monoisotopic (exact) mass is 246 g/mol. The molecular weight excluding hydrogens is 224 g/mol. The molecule has 98 valence electrons. The van der Waals surface area contributed by atoms with Crippen molar-refractivity contribution in [3.8, 4) is 5.75 Å². The Morgan fingerprint density at radius 1 is 1.17 bits per heavy atom. The Bertz CT molecular complexity index is 392. The van der Waals surface area contributed by atoms with Gasteiger partial charge in [0.1, 0.15) is 11.9 Å². The number of aliphatic hydroxyl groups excluding tert-OH is 1. The van der Waals surface area contributed by atoms with Crippen LogP contribution in [0.4, 0.5) is 0 Å². The van der Waals surface area contributed by atoms with Crippen LogP contribution in [0, 0.1) is 0 Å². The standard InChI is InChI=1S/C16H22O2/c1-2-18-15-11-9-14(10-12-15)16(17)13-7-5-3-4-6-8-13/h7,9-12,16-17H,2-6,8H2,1H3. The Hall–Kier alpha value is -1.28. The SMILES string of the molecule is CCOc1ccc(C(O)C2=CCCCCC2)cc1. The summed E-state index contributed by atoms with van der Waals surface area (Å²) >= 11 is 0. The van der Waals surface area contributed by atoms with E-state index < -0.39 is 6.10 Å². The molecule has 18 heavy (non-hydrogen) atoms. The van der Waals surface area contributed by atoms with Crippen molar-refractivity contribution in [2.75, 3.05) is 6.61 Å². The zero-order chi connectivity index (χ0) is 12.8. The molecule has 0 aromatic heterocycles. The lowest BCUT2D eigenvalue weighted by atomic mass is 9.98. The molecule has 0 saturated carbocycles. The van der Waals surface area contributed by atoms with Gasteiger partial charge < -0.3 is 9.84 Å². The first-order valence-corrected chi connectivity index (χ1v) is 6.91. The first-order chi connectivity index (χ1) is 8.81. The Balaban J connectivity index is 2.07. The van der Waals surface area contributed by atoms with Crippen LogP contribution in [0.1, 0.15) is 50.7 Å². The third kappa shape index (κ3) is 3.36. The van der Waals surface area contributed by atoms with Gasteiger partial charge >= 0.3 is 0 Å². The Labute approximate surface area is 109 Å². The van der Waals surface area contributed by atoms with E-state index in [1.54, 1.807) is 0 Å². The van der Waals surface area contributed by atoms with Gasteiger partial charge in [-0.3, -0.25) is 0 Å². The lowest BCUT2D eigenvalue weighted by molar-refractivity contribution is 0.210. The van der Waals surface area contributed by atoms with E-state index in [2.05, 4.69) is 6.08 Å². The fourth-order valence-electron chi connectivity index (χ4n) is 2.42. The molecule has 2 nitrogen and oxygen atoms in total. The van der Waals surface area contributed by atoms with Crippen molar-refractivity contribution in [1.29, 1.82) is 0 Å². The molecule has 0 aliphatic heterocycles. The minimum absolute atomic E-state index is 0.446. The molecule has 0 amide bonds. The Morgan fingerprint density at radius 2 is 1.94 bits per heavy atom. The minimum Gasteiger partial charge on any atom is -0.494 e. The smallest absolute Gasteiger partial charge is 0.119 e. The highest BCUT2D eigenvalue weighted by atomic mass is 16.5. The maximum atomic E-state index is 10.4. The maximum Gasteiger partial charge on any atom is 0.119 e. The number of rotatable bonds is 4. The van der Waals surface area contributed by atoms with Crippen molar-refractivity contribution in [2.24, 2.45) is 0 Å². The molecule has 1 aromatic carbocycles. The third-order valence-corrected chi connectivity index (χ3v) is 3.43. The quantitative estimate of drug-likeness (QED) is 0.813. The van der Waals surface area contributed by atoms with Gasteiger partial charge in [0.2, 0.25) is 0 Å². The molecule has 0 radical (unpaired) electrons. The average Bonchev–Trinajstić information content (AvgIpc) is 2.68. The van der Waals surface area contributed by atoms with E-state index in [9.17, 15) is 5.11 Å². The minimum atomic E-state index is -0.446. The van der Waals surface area contributed by atoms with Crippen LogP contribution >= 0.6 is 0 Å². The fourth-order valence-corrected chi connectivity index (χ4v) is 2.42. The molecule has 0 heterocycles. The summed E-state index contributed by atoms with van der Waals surface area (Å²) in [6, 6.07) is 7.78. The van der Waals surface area contributed by atoms with E-state index in [0.717, 1.165) is 24.2 Å².